The van der Waals surface area contributed by atoms with Crippen molar-refractivity contribution in [1.82, 2.24) is 5.32 Å². The number of amides is 1. The van der Waals surface area contributed by atoms with E-state index in [0.29, 0.717) is 5.78 Å². The summed E-state index contributed by atoms with van der Waals surface area (Å²) in [6, 6.07) is 7.82. The number of aliphatic hydroxyl groups excluding tert-OH is 1. The van der Waals surface area contributed by atoms with Crippen LogP contribution >= 0.6 is 0 Å². The molecular formula is C21H31NO3. The second-order valence-corrected chi connectivity index (χ2v) is 7.41. The minimum absolute atomic E-state index is 0.0399. The molecule has 1 amide bonds. The van der Waals surface area contributed by atoms with Crippen LogP contribution < -0.4 is 5.32 Å². The third kappa shape index (κ3) is 5.15. The monoisotopic (exact) mass is 345 g/mol. The molecule has 0 radical (unpaired) electrons. The first-order valence-corrected chi connectivity index (χ1v) is 9.49. The van der Waals surface area contributed by atoms with Crippen LogP contribution in [-0.2, 0) is 16.0 Å². The van der Waals surface area contributed by atoms with Crippen LogP contribution in [0, 0.1) is 11.8 Å². The number of benzene rings is 1. The molecule has 1 aromatic rings. The van der Waals surface area contributed by atoms with Crippen molar-refractivity contribution in [3.8, 4) is 0 Å². The summed E-state index contributed by atoms with van der Waals surface area (Å²) in [6.45, 7) is 5.93. The molecule has 1 aliphatic carbocycles. The van der Waals surface area contributed by atoms with Crippen LogP contribution in [0.4, 0.5) is 0 Å². The molecule has 4 atom stereocenters. The molecule has 0 spiro atoms. The van der Waals surface area contributed by atoms with Gasteiger partial charge in [-0.25, -0.2) is 0 Å². The van der Waals surface area contributed by atoms with Crippen LogP contribution in [0.25, 0.3) is 0 Å². The first-order valence-electron chi connectivity index (χ1n) is 9.49. The second kappa shape index (κ2) is 9.14. The first kappa shape index (κ1) is 19.6. The maximum absolute atomic E-state index is 12.5. The highest BCUT2D eigenvalue weighted by atomic mass is 16.3. The zero-order chi connectivity index (χ0) is 18.4. The summed E-state index contributed by atoms with van der Waals surface area (Å²) in [5.74, 6) is 0.482. The van der Waals surface area contributed by atoms with Crippen molar-refractivity contribution in [2.24, 2.45) is 11.8 Å². The Bertz CT molecular complexity index is 581. The molecule has 1 fully saturated rings. The van der Waals surface area contributed by atoms with E-state index in [-0.39, 0.29) is 36.3 Å². The number of aliphatic hydroxyl groups is 1. The standard InChI is InChI=1S/C21H31NO3/c1-4-14(2)19(13-23)22-21(25)15(3)17-10-8-16(9-11-17)12-18-6-5-7-20(18)24/h8-11,14-15,18-19,23H,4-7,12-13H2,1-3H3,(H,22,25)/t14-,15+,18+,19-/m0/s1. The number of nitrogens with one attached hydrogen (secondary N) is 1. The minimum Gasteiger partial charge on any atom is -0.394 e. The molecular weight excluding hydrogens is 314 g/mol. The van der Waals surface area contributed by atoms with E-state index in [2.05, 4.69) is 12.2 Å². The number of carbonyl (C=O) groups is 2. The molecule has 0 aliphatic heterocycles. The molecule has 2 rings (SSSR count). The van der Waals surface area contributed by atoms with E-state index in [0.717, 1.165) is 43.2 Å². The zero-order valence-electron chi connectivity index (χ0n) is 15.6. The number of Topliss-reactive ketones (excluding diaryl/α,β-unsaturated/α-hetero) is 1. The van der Waals surface area contributed by atoms with Gasteiger partial charge in [-0.15, -0.1) is 0 Å². The fourth-order valence-electron chi connectivity index (χ4n) is 3.44. The molecule has 2 N–H and O–H groups in total. The summed E-state index contributed by atoms with van der Waals surface area (Å²) in [5, 5.41) is 12.4. The van der Waals surface area contributed by atoms with Crippen LogP contribution in [-0.4, -0.2) is 29.4 Å². The Hall–Kier alpha value is -1.68. The molecule has 0 unspecified atom stereocenters. The smallest absolute Gasteiger partial charge is 0.227 e. The normalized spacial score (nSPS) is 21.0. The average molecular weight is 345 g/mol. The Morgan fingerprint density at radius 3 is 2.48 bits per heavy atom. The molecule has 0 saturated heterocycles. The SMILES string of the molecule is CC[C@H](C)[C@H](CO)NC(=O)[C@H](C)c1ccc(C[C@H]2CCCC2=O)cc1. The third-order valence-corrected chi connectivity index (χ3v) is 5.64. The van der Waals surface area contributed by atoms with E-state index < -0.39 is 0 Å². The fraction of sp³-hybridized carbons (Fsp3) is 0.619. The number of hydrogen-bond donors (Lipinski definition) is 2. The number of hydrogen-bond acceptors (Lipinski definition) is 3. The lowest BCUT2D eigenvalue weighted by Gasteiger charge is -2.24. The Kier molecular flexibility index (Phi) is 7.18. The van der Waals surface area contributed by atoms with E-state index in [1.54, 1.807) is 0 Å². The number of ketones is 1. The second-order valence-electron chi connectivity index (χ2n) is 7.41. The van der Waals surface area contributed by atoms with E-state index in [1.165, 1.54) is 0 Å². The highest BCUT2D eigenvalue weighted by molar-refractivity contribution is 5.84. The molecule has 4 heteroatoms. The van der Waals surface area contributed by atoms with Crippen LogP contribution in [0.1, 0.15) is 63.5 Å². The molecule has 1 saturated carbocycles. The topological polar surface area (TPSA) is 66.4 Å². The molecule has 138 valence electrons. The van der Waals surface area contributed by atoms with Gasteiger partial charge in [0.15, 0.2) is 0 Å². The summed E-state index contributed by atoms with van der Waals surface area (Å²) in [7, 11) is 0. The lowest BCUT2D eigenvalue weighted by molar-refractivity contribution is -0.123. The minimum atomic E-state index is -0.264. The van der Waals surface area contributed by atoms with Crippen LogP contribution in [0.3, 0.4) is 0 Å². The highest BCUT2D eigenvalue weighted by Crippen LogP contribution is 2.26. The largest absolute Gasteiger partial charge is 0.394 e. The summed E-state index contributed by atoms with van der Waals surface area (Å²) >= 11 is 0. The van der Waals surface area contributed by atoms with Gasteiger partial charge in [0.1, 0.15) is 5.78 Å². The van der Waals surface area contributed by atoms with Gasteiger partial charge >= 0.3 is 0 Å². The highest BCUT2D eigenvalue weighted by Gasteiger charge is 2.25. The number of rotatable bonds is 8. The van der Waals surface area contributed by atoms with Crippen molar-refractivity contribution in [2.75, 3.05) is 6.61 Å². The Labute approximate surface area is 151 Å². The molecule has 1 aromatic carbocycles. The lowest BCUT2D eigenvalue weighted by Crippen LogP contribution is -2.43. The summed E-state index contributed by atoms with van der Waals surface area (Å²) < 4.78 is 0. The van der Waals surface area contributed by atoms with Crippen molar-refractivity contribution < 1.29 is 14.7 Å². The van der Waals surface area contributed by atoms with E-state index >= 15 is 0 Å². The van der Waals surface area contributed by atoms with Gasteiger partial charge < -0.3 is 10.4 Å². The van der Waals surface area contributed by atoms with Crippen molar-refractivity contribution in [3.05, 3.63) is 35.4 Å². The van der Waals surface area contributed by atoms with Crippen molar-refractivity contribution in [2.45, 2.75) is 64.8 Å². The Morgan fingerprint density at radius 1 is 1.28 bits per heavy atom. The van der Waals surface area contributed by atoms with Gasteiger partial charge in [-0.05, 0) is 43.2 Å². The summed E-state index contributed by atoms with van der Waals surface area (Å²) in [5.41, 5.74) is 2.12. The van der Waals surface area contributed by atoms with Gasteiger partial charge in [0.2, 0.25) is 5.91 Å². The quantitative estimate of drug-likeness (QED) is 0.760. The van der Waals surface area contributed by atoms with Gasteiger partial charge in [-0.3, -0.25) is 9.59 Å². The fourth-order valence-corrected chi connectivity index (χ4v) is 3.44. The first-order chi connectivity index (χ1) is 12.0. The predicted molar refractivity (Wildman–Crippen MR) is 99.4 cm³/mol. The van der Waals surface area contributed by atoms with E-state index in [4.69, 9.17) is 0 Å². The summed E-state index contributed by atoms with van der Waals surface area (Å²) in [4.78, 5) is 24.3. The van der Waals surface area contributed by atoms with E-state index in [9.17, 15) is 14.7 Å². The maximum Gasteiger partial charge on any atom is 0.227 e. The average Bonchev–Trinajstić information content (AvgIpc) is 3.03. The lowest BCUT2D eigenvalue weighted by atomic mass is 9.93. The van der Waals surface area contributed by atoms with Gasteiger partial charge in [-0.2, -0.15) is 0 Å². The van der Waals surface area contributed by atoms with Crippen molar-refractivity contribution in [3.63, 3.8) is 0 Å². The van der Waals surface area contributed by atoms with E-state index in [1.807, 2.05) is 38.1 Å². The van der Waals surface area contributed by atoms with Crippen LogP contribution in [0.2, 0.25) is 0 Å². The molecule has 4 nitrogen and oxygen atoms in total. The predicted octanol–water partition coefficient (Wildman–Crippen LogP) is 3.23. The Balaban J connectivity index is 1.95. The van der Waals surface area contributed by atoms with Crippen molar-refractivity contribution >= 4 is 11.7 Å². The summed E-state index contributed by atoms with van der Waals surface area (Å²) in [6.07, 6.45) is 4.45. The van der Waals surface area contributed by atoms with Gasteiger partial charge in [-0.1, -0.05) is 44.5 Å². The van der Waals surface area contributed by atoms with Crippen LogP contribution in [0.15, 0.2) is 24.3 Å². The number of carbonyl (C=O) groups excluding carboxylic acids is 2. The zero-order valence-corrected chi connectivity index (χ0v) is 15.6. The maximum atomic E-state index is 12.5. The van der Waals surface area contributed by atoms with Gasteiger partial charge in [0.25, 0.3) is 0 Å². The third-order valence-electron chi connectivity index (χ3n) is 5.64. The van der Waals surface area contributed by atoms with Crippen LogP contribution in [0.5, 0.6) is 0 Å². The molecule has 0 aromatic heterocycles. The molecule has 1 aliphatic rings. The van der Waals surface area contributed by atoms with Crippen molar-refractivity contribution in [1.29, 1.82) is 0 Å². The molecule has 0 bridgehead atoms. The molecule has 25 heavy (non-hydrogen) atoms. The Morgan fingerprint density at radius 2 is 1.96 bits per heavy atom. The van der Waals surface area contributed by atoms with Gasteiger partial charge in [0, 0.05) is 12.3 Å². The van der Waals surface area contributed by atoms with Gasteiger partial charge in [0.05, 0.1) is 18.6 Å². The molecule has 0 heterocycles.